The highest BCUT2D eigenvalue weighted by Gasteiger charge is 2.10. The zero-order valence-electron chi connectivity index (χ0n) is 12.5. The van der Waals surface area contributed by atoms with E-state index in [1.165, 1.54) is 7.11 Å². The standard InChI is InChI=1S/C16H18N2O3S/c1-11(14-7-4-8-22-14)18-15(19)10-17-13-6-3-5-12(9-13)16(20)21-2/h3-9,11,17H,10H2,1-2H3,(H,18,19). The molecule has 116 valence electrons. The van der Waals surface area contributed by atoms with Crippen LogP contribution < -0.4 is 10.6 Å². The molecule has 1 aromatic heterocycles. The minimum Gasteiger partial charge on any atom is -0.465 e. The Labute approximate surface area is 133 Å². The fourth-order valence-corrected chi connectivity index (χ4v) is 2.69. The van der Waals surface area contributed by atoms with Gasteiger partial charge in [-0.3, -0.25) is 4.79 Å². The monoisotopic (exact) mass is 318 g/mol. The van der Waals surface area contributed by atoms with Crippen molar-refractivity contribution in [3.05, 3.63) is 52.2 Å². The van der Waals surface area contributed by atoms with E-state index in [1.54, 1.807) is 35.6 Å². The maximum absolute atomic E-state index is 11.9. The Bertz CT molecular complexity index is 641. The summed E-state index contributed by atoms with van der Waals surface area (Å²) < 4.78 is 4.67. The quantitative estimate of drug-likeness (QED) is 0.804. The van der Waals surface area contributed by atoms with E-state index in [1.807, 2.05) is 24.4 Å². The number of thiophene rings is 1. The average Bonchev–Trinajstić information content (AvgIpc) is 3.07. The third kappa shape index (κ3) is 4.33. The first kappa shape index (κ1) is 16.0. The van der Waals surface area contributed by atoms with Crippen molar-refractivity contribution in [2.75, 3.05) is 19.0 Å². The van der Waals surface area contributed by atoms with Crippen molar-refractivity contribution in [2.24, 2.45) is 0 Å². The van der Waals surface area contributed by atoms with Crippen molar-refractivity contribution in [3.63, 3.8) is 0 Å². The summed E-state index contributed by atoms with van der Waals surface area (Å²) in [6.07, 6.45) is 0. The van der Waals surface area contributed by atoms with Gasteiger partial charge in [0.2, 0.25) is 5.91 Å². The van der Waals surface area contributed by atoms with Crippen LogP contribution in [0.15, 0.2) is 41.8 Å². The van der Waals surface area contributed by atoms with Crippen LogP contribution in [0.25, 0.3) is 0 Å². The number of benzene rings is 1. The van der Waals surface area contributed by atoms with E-state index in [0.717, 1.165) is 4.88 Å². The fraction of sp³-hybridized carbons (Fsp3) is 0.250. The Morgan fingerprint density at radius 2 is 2.09 bits per heavy atom. The van der Waals surface area contributed by atoms with Crippen molar-refractivity contribution in [2.45, 2.75) is 13.0 Å². The lowest BCUT2D eigenvalue weighted by atomic mass is 10.2. The van der Waals surface area contributed by atoms with Gasteiger partial charge in [0, 0.05) is 10.6 Å². The predicted octanol–water partition coefficient (Wildman–Crippen LogP) is 2.82. The molecule has 0 bridgehead atoms. The number of anilines is 1. The number of carbonyl (C=O) groups is 2. The third-order valence-electron chi connectivity index (χ3n) is 3.08. The lowest BCUT2D eigenvalue weighted by Crippen LogP contribution is -2.31. The SMILES string of the molecule is COC(=O)c1cccc(NCC(=O)NC(C)c2cccs2)c1. The van der Waals surface area contributed by atoms with Gasteiger partial charge in [-0.2, -0.15) is 0 Å². The molecule has 1 amide bonds. The molecule has 0 aliphatic heterocycles. The lowest BCUT2D eigenvalue weighted by molar-refractivity contribution is -0.120. The van der Waals surface area contributed by atoms with Crippen LogP contribution in [-0.2, 0) is 9.53 Å². The Balaban J connectivity index is 1.87. The summed E-state index contributed by atoms with van der Waals surface area (Å²) in [5.41, 5.74) is 1.14. The molecule has 0 radical (unpaired) electrons. The molecule has 0 spiro atoms. The minimum absolute atomic E-state index is 0.0179. The molecule has 0 saturated heterocycles. The summed E-state index contributed by atoms with van der Waals surface area (Å²) in [5.74, 6) is -0.510. The molecule has 1 unspecified atom stereocenters. The van der Waals surface area contributed by atoms with Gasteiger partial charge in [0.05, 0.1) is 25.3 Å². The predicted molar refractivity (Wildman–Crippen MR) is 87.1 cm³/mol. The molecule has 0 aliphatic rings. The Morgan fingerprint density at radius 3 is 2.77 bits per heavy atom. The van der Waals surface area contributed by atoms with Crippen LogP contribution in [0.5, 0.6) is 0 Å². The Kier molecular flexibility index (Phi) is 5.55. The van der Waals surface area contributed by atoms with Gasteiger partial charge in [-0.15, -0.1) is 11.3 Å². The van der Waals surface area contributed by atoms with Crippen molar-refractivity contribution >= 4 is 28.9 Å². The highest BCUT2D eigenvalue weighted by Crippen LogP contribution is 2.18. The lowest BCUT2D eigenvalue weighted by Gasteiger charge is -2.13. The van der Waals surface area contributed by atoms with Crippen molar-refractivity contribution in [3.8, 4) is 0 Å². The van der Waals surface area contributed by atoms with E-state index in [2.05, 4.69) is 15.4 Å². The summed E-state index contributed by atoms with van der Waals surface area (Å²) in [6.45, 7) is 2.09. The summed E-state index contributed by atoms with van der Waals surface area (Å²) in [5, 5.41) is 7.90. The van der Waals surface area contributed by atoms with Crippen molar-refractivity contribution in [1.82, 2.24) is 5.32 Å². The van der Waals surface area contributed by atoms with E-state index < -0.39 is 5.97 Å². The molecule has 22 heavy (non-hydrogen) atoms. The molecule has 2 N–H and O–H groups in total. The van der Waals surface area contributed by atoms with Crippen LogP contribution in [0, 0.1) is 0 Å². The van der Waals surface area contributed by atoms with Crippen LogP contribution >= 0.6 is 11.3 Å². The summed E-state index contributed by atoms with van der Waals surface area (Å²) in [6, 6.07) is 10.8. The van der Waals surface area contributed by atoms with Gasteiger partial charge in [-0.25, -0.2) is 4.79 Å². The van der Waals surface area contributed by atoms with Crippen LogP contribution in [-0.4, -0.2) is 25.5 Å². The second kappa shape index (κ2) is 7.61. The fourth-order valence-electron chi connectivity index (χ4n) is 1.96. The van der Waals surface area contributed by atoms with Gasteiger partial charge in [0.25, 0.3) is 0 Å². The van der Waals surface area contributed by atoms with Gasteiger partial charge in [0.15, 0.2) is 0 Å². The number of methoxy groups -OCH3 is 1. The number of hydrogen-bond donors (Lipinski definition) is 2. The summed E-state index contributed by atoms with van der Waals surface area (Å²) in [7, 11) is 1.34. The number of nitrogens with one attached hydrogen (secondary N) is 2. The van der Waals surface area contributed by atoms with E-state index in [0.29, 0.717) is 11.3 Å². The molecular weight excluding hydrogens is 300 g/mol. The van der Waals surface area contributed by atoms with Crippen LogP contribution in [0.2, 0.25) is 0 Å². The minimum atomic E-state index is -0.403. The molecule has 1 atom stereocenters. The Hall–Kier alpha value is -2.34. The van der Waals surface area contributed by atoms with Gasteiger partial charge in [0.1, 0.15) is 0 Å². The highest BCUT2D eigenvalue weighted by molar-refractivity contribution is 7.10. The normalized spacial score (nSPS) is 11.5. The van der Waals surface area contributed by atoms with Gasteiger partial charge in [-0.05, 0) is 36.6 Å². The smallest absolute Gasteiger partial charge is 0.337 e. The number of amides is 1. The average molecular weight is 318 g/mol. The largest absolute Gasteiger partial charge is 0.465 e. The molecule has 0 saturated carbocycles. The van der Waals surface area contributed by atoms with Crippen molar-refractivity contribution in [1.29, 1.82) is 0 Å². The van der Waals surface area contributed by atoms with E-state index in [-0.39, 0.29) is 18.5 Å². The Morgan fingerprint density at radius 1 is 1.27 bits per heavy atom. The number of rotatable bonds is 6. The first-order valence-electron chi connectivity index (χ1n) is 6.85. The number of esters is 1. The zero-order chi connectivity index (χ0) is 15.9. The second-order valence-corrected chi connectivity index (χ2v) is 5.71. The van der Waals surface area contributed by atoms with E-state index >= 15 is 0 Å². The molecule has 1 aromatic carbocycles. The highest BCUT2D eigenvalue weighted by atomic mass is 32.1. The number of hydrogen-bond acceptors (Lipinski definition) is 5. The summed E-state index contributed by atoms with van der Waals surface area (Å²) >= 11 is 1.61. The maximum Gasteiger partial charge on any atom is 0.337 e. The summed E-state index contributed by atoms with van der Waals surface area (Å²) in [4.78, 5) is 24.5. The molecule has 5 nitrogen and oxygen atoms in total. The maximum atomic E-state index is 11.9. The van der Waals surface area contributed by atoms with Crippen LogP contribution in [0.1, 0.15) is 28.2 Å². The molecule has 0 aliphatic carbocycles. The van der Waals surface area contributed by atoms with Gasteiger partial charge < -0.3 is 15.4 Å². The van der Waals surface area contributed by atoms with Gasteiger partial charge in [-0.1, -0.05) is 12.1 Å². The van der Waals surface area contributed by atoms with Crippen LogP contribution in [0.4, 0.5) is 5.69 Å². The topological polar surface area (TPSA) is 67.4 Å². The molecule has 0 fully saturated rings. The molecule has 2 rings (SSSR count). The molecular formula is C16H18N2O3S. The van der Waals surface area contributed by atoms with Crippen LogP contribution in [0.3, 0.4) is 0 Å². The molecule has 6 heteroatoms. The second-order valence-electron chi connectivity index (χ2n) is 4.73. The van der Waals surface area contributed by atoms with E-state index in [9.17, 15) is 9.59 Å². The zero-order valence-corrected chi connectivity index (χ0v) is 13.3. The van der Waals surface area contributed by atoms with Crippen molar-refractivity contribution < 1.29 is 14.3 Å². The number of carbonyl (C=O) groups excluding carboxylic acids is 2. The first-order chi connectivity index (χ1) is 10.6. The molecule has 1 heterocycles. The van der Waals surface area contributed by atoms with Gasteiger partial charge >= 0.3 is 5.97 Å². The van der Waals surface area contributed by atoms with E-state index in [4.69, 9.17) is 0 Å². The molecule has 2 aromatic rings. The number of ether oxygens (including phenoxy) is 1. The first-order valence-corrected chi connectivity index (χ1v) is 7.73. The third-order valence-corrected chi connectivity index (χ3v) is 4.14.